The number of amides is 3. The maximum absolute atomic E-state index is 14.6. The standard InChI is InChI=1S/C41H44N4O9/c1-41(2,3)54-40(50)44-34-20-25-11-10-14-28(19-25)52-18-9-8-15-31(39(48)49)43-37(46)35-22-29(24-45(35)38(34)47)53-36-23-32(26-12-6-5-7-13-26)42-33-21-27(51-4)16-17-30(33)36/h5-14,16-17,19,21,23,29,31,34-35H,15,18,20,22,24H2,1-4H3,(H,43,46)(H,44,50)(H,48,49)/b9-8-/t29-,31+,34+,35+/m1/s1. The molecular formula is C41H44N4O9. The van der Waals surface area contributed by atoms with Crippen LogP contribution in [0.4, 0.5) is 4.79 Å². The molecule has 1 saturated heterocycles. The fraction of sp³-hybridized carbons (Fsp3) is 0.341. The number of carboxylic acid groups (broad SMARTS) is 1. The first kappa shape index (κ1) is 37.6. The molecule has 2 aliphatic heterocycles. The highest BCUT2D eigenvalue weighted by atomic mass is 16.6. The molecule has 4 atom stereocenters. The molecule has 3 aromatic carbocycles. The number of hydrogen-bond acceptors (Lipinski definition) is 9. The molecule has 2 bridgehead atoms. The van der Waals surface area contributed by atoms with Crippen molar-refractivity contribution in [1.29, 1.82) is 0 Å². The number of carbonyl (C=O) groups is 4. The van der Waals surface area contributed by atoms with Gasteiger partial charge in [0.05, 0.1) is 24.9 Å². The van der Waals surface area contributed by atoms with Crippen molar-refractivity contribution in [2.45, 2.75) is 69.9 Å². The highest BCUT2D eigenvalue weighted by molar-refractivity contribution is 5.94. The Morgan fingerprint density at radius 1 is 1.00 bits per heavy atom. The first-order chi connectivity index (χ1) is 25.9. The molecule has 1 aromatic heterocycles. The first-order valence-electron chi connectivity index (χ1n) is 17.8. The van der Waals surface area contributed by atoms with Gasteiger partial charge in [0.15, 0.2) is 0 Å². The third-order valence-corrected chi connectivity index (χ3v) is 9.02. The van der Waals surface area contributed by atoms with Gasteiger partial charge in [0, 0.05) is 35.9 Å². The van der Waals surface area contributed by atoms with Gasteiger partial charge in [0.25, 0.3) is 0 Å². The summed E-state index contributed by atoms with van der Waals surface area (Å²) in [6, 6.07) is 20.4. The van der Waals surface area contributed by atoms with Crippen LogP contribution >= 0.6 is 0 Å². The highest BCUT2D eigenvalue weighted by Gasteiger charge is 2.44. The second-order valence-corrected chi connectivity index (χ2v) is 14.2. The van der Waals surface area contributed by atoms with E-state index in [1.165, 1.54) is 4.90 Å². The summed E-state index contributed by atoms with van der Waals surface area (Å²) in [5, 5.41) is 16.0. The van der Waals surface area contributed by atoms with E-state index in [1.807, 2.05) is 48.5 Å². The SMILES string of the molecule is COc1ccc2c(O[C@@H]3C[C@H]4C(=O)N[C@H](C(=O)O)C/C=C\COc5cccc(c5)C[C@H](NC(=O)OC(C)(C)C)C(=O)N4C3)cc(-c3ccccc3)nc2c1. The van der Waals surface area contributed by atoms with Crippen LogP contribution in [0.1, 0.15) is 39.2 Å². The van der Waals surface area contributed by atoms with Crippen molar-refractivity contribution >= 4 is 34.8 Å². The van der Waals surface area contributed by atoms with Crippen molar-refractivity contribution in [1.82, 2.24) is 20.5 Å². The van der Waals surface area contributed by atoms with Crippen LogP contribution in [-0.2, 0) is 25.5 Å². The van der Waals surface area contributed by atoms with Gasteiger partial charge in [-0.15, -0.1) is 0 Å². The van der Waals surface area contributed by atoms with Gasteiger partial charge in [-0.1, -0.05) is 54.6 Å². The number of nitrogens with zero attached hydrogens (tertiary/aromatic N) is 2. The number of alkyl carbamates (subject to hydrolysis) is 1. The summed E-state index contributed by atoms with van der Waals surface area (Å²) >= 11 is 0. The molecule has 1 fully saturated rings. The number of methoxy groups -OCH3 is 1. The predicted molar refractivity (Wildman–Crippen MR) is 200 cm³/mol. The van der Waals surface area contributed by atoms with Crippen LogP contribution in [0.3, 0.4) is 0 Å². The average Bonchev–Trinajstić information content (AvgIpc) is 3.56. The number of pyridine rings is 1. The van der Waals surface area contributed by atoms with Crippen molar-refractivity contribution in [3.05, 3.63) is 96.6 Å². The molecule has 282 valence electrons. The molecule has 3 N–H and O–H groups in total. The minimum Gasteiger partial charge on any atom is -0.497 e. The van der Waals surface area contributed by atoms with Gasteiger partial charge in [-0.2, -0.15) is 0 Å². The lowest BCUT2D eigenvalue weighted by molar-refractivity contribution is -0.144. The van der Waals surface area contributed by atoms with Crippen LogP contribution in [0, 0.1) is 0 Å². The summed E-state index contributed by atoms with van der Waals surface area (Å²) in [7, 11) is 1.57. The number of carboxylic acids is 1. The molecule has 2 aliphatic rings. The molecule has 0 spiro atoms. The van der Waals surface area contributed by atoms with Crippen molar-refractivity contribution < 1.29 is 43.2 Å². The number of hydrogen-bond donors (Lipinski definition) is 3. The molecule has 0 radical (unpaired) electrons. The topological polar surface area (TPSA) is 166 Å². The molecule has 0 saturated carbocycles. The van der Waals surface area contributed by atoms with E-state index in [9.17, 15) is 24.3 Å². The lowest BCUT2D eigenvalue weighted by Crippen LogP contribution is -2.56. The molecule has 0 aliphatic carbocycles. The van der Waals surface area contributed by atoms with Gasteiger partial charge in [-0.05, 0) is 57.0 Å². The minimum atomic E-state index is -1.27. The number of benzene rings is 3. The second kappa shape index (κ2) is 16.3. The van der Waals surface area contributed by atoms with Gasteiger partial charge in [0.2, 0.25) is 11.8 Å². The van der Waals surface area contributed by atoms with Gasteiger partial charge >= 0.3 is 12.1 Å². The van der Waals surface area contributed by atoms with Crippen LogP contribution in [0.2, 0.25) is 0 Å². The molecule has 13 nitrogen and oxygen atoms in total. The largest absolute Gasteiger partial charge is 0.497 e. The number of aliphatic carboxylic acids is 1. The lowest BCUT2D eigenvalue weighted by atomic mass is 10.0. The molecule has 54 heavy (non-hydrogen) atoms. The Bertz CT molecular complexity index is 2050. The molecule has 4 aromatic rings. The van der Waals surface area contributed by atoms with E-state index in [4.69, 9.17) is 23.9 Å². The fourth-order valence-electron chi connectivity index (χ4n) is 6.49. The van der Waals surface area contributed by atoms with E-state index < -0.39 is 53.7 Å². The third kappa shape index (κ3) is 9.27. The van der Waals surface area contributed by atoms with E-state index in [0.29, 0.717) is 39.4 Å². The maximum atomic E-state index is 14.6. The van der Waals surface area contributed by atoms with Crippen LogP contribution in [-0.4, -0.2) is 89.0 Å². The highest BCUT2D eigenvalue weighted by Crippen LogP contribution is 2.35. The Hall–Kier alpha value is -6.11. The first-order valence-corrected chi connectivity index (χ1v) is 17.8. The summed E-state index contributed by atoms with van der Waals surface area (Å²) in [5.74, 6) is -0.840. The molecular weight excluding hydrogens is 692 g/mol. The Morgan fingerprint density at radius 3 is 2.54 bits per heavy atom. The molecule has 3 amide bonds. The number of aromatic nitrogens is 1. The van der Waals surface area contributed by atoms with Crippen LogP contribution in [0.5, 0.6) is 17.2 Å². The Kier molecular flexibility index (Phi) is 11.3. The summed E-state index contributed by atoms with van der Waals surface area (Å²) < 4.78 is 23.5. The fourth-order valence-corrected chi connectivity index (χ4v) is 6.49. The Balaban J connectivity index is 1.38. The Labute approximate surface area is 313 Å². The van der Waals surface area contributed by atoms with Crippen molar-refractivity contribution in [2.24, 2.45) is 0 Å². The Morgan fingerprint density at radius 2 is 1.80 bits per heavy atom. The zero-order chi connectivity index (χ0) is 38.4. The van der Waals surface area contributed by atoms with Gasteiger partial charge in [-0.3, -0.25) is 9.59 Å². The number of rotatable bonds is 6. The van der Waals surface area contributed by atoms with E-state index in [0.717, 1.165) is 5.56 Å². The van der Waals surface area contributed by atoms with E-state index in [-0.39, 0.29) is 32.4 Å². The second-order valence-electron chi connectivity index (χ2n) is 14.2. The maximum Gasteiger partial charge on any atom is 0.408 e. The monoisotopic (exact) mass is 736 g/mol. The minimum absolute atomic E-state index is 0.0113. The van der Waals surface area contributed by atoms with Gasteiger partial charge in [0.1, 0.15) is 53.7 Å². The smallest absolute Gasteiger partial charge is 0.408 e. The third-order valence-electron chi connectivity index (χ3n) is 9.02. The number of fused-ring (bicyclic) bond motifs is 4. The average molecular weight is 737 g/mol. The number of ether oxygens (including phenoxy) is 4. The van der Waals surface area contributed by atoms with Crippen molar-refractivity contribution in [3.8, 4) is 28.5 Å². The van der Waals surface area contributed by atoms with Crippen molar-refractivity contribution in [2.75, 3.05) is 20.3 Å². The van der Waals surface area contributed by atoms with E-state index in [1.54, 1.807) is 70.4 Å². The lowest BCUT2D eigenvalue weighted by Gasteiger charge is -2.30. The summed E-state index contributed by atoms with van der Waals surface area (Å²) in [5.41, 5.74) is 1.98. The number of nitrogens with one attached hydrogen (secondary N) is 2. The molecule has 3 heterocycles. The van der Waals surface area contributed by atoms with Gasteiger partial charge < -0.3 is 39.6 Å². The molecule has 13 heteroatoms. The van der Waals surface area contributed by atoms with Crippen LogP contribution in [0.15, 0.2) is 91.0 Å². The van der Waals surface area contributed by atoms with Crippen LogP contribution < -0.4 is 24.8 Å². The normalized spacial score (nSPS) is 21.3. The summed E-state index contributed by atoms with van der Waals surface area (Å²) in [6.07, 6.45) is 1.89. The molecule has 0 unspecified atom stereocenters. The van der Waals surface area contributed by atoms with E-state index >= 15 is 0 Å². The predicted octanol–water partition coefficient (Wildman–Crippen LogP) is 5.30. The van der Waals surface area contributed by atoms with Crippen molar-refractivity contribution in [3.63, 3.8) is 0 Å². The summed E-state index contributed by atoms with van der Waals surface area (Å²) in [6.45, 7) is 5.26. The number of carbonyl (C=O) groups excluding carboxylic acids is 3. The zero-order valence-electron chi connectivity index (χ0n) is 30.6. The molecule has 6 rings (SSSR count). The zero-order valence-corrected chi connectivity index (χ0v) is 30.6. The van der Waals surface area contributed by atoms with E-state index in [2.05, 4.69) is 10.6 Å². The quantitative estimate of drug-likeness (QED) is 0.221. The summed E-state index contributed by atoms with van der Waals surface area (Å²) in [4.78, 5) is 60.3. The van der Waals surface area contributed by atoms with Gasteiger partial charge in [-0.25, -0.2) is 14.6 Å². The van der Waals surface area contributed by atoms with Crippen LogP contribution in [0.25, 0.3) is 22.2 Å².